The molecule has 2 aliphatic rings. The first kappa shape index (κ1) is 25.1. The lowest BCUT2D eigenvalue weighted by atomic mass is 9.94. The number of aliphatic carboxylic acids is 1. The number of hydrogen-bond donors (Lipinski definition) is 5. The van der Waals surface area contributed by atoms with Gasteiger partial charge in [-0.3, -0.25) is 29.7 Å². The predicted molar refractivity (Wildman–Crippen MR) is 100 cm³/mol. The molecule has 2 aliphatic carbocycles. The first-order chi connectivity index (χ1) is 13.9. The third-order valence-corrected chi connectivity index (χ3v) is 6.96. The van der Waals surface area contributed by atoms with Crippen molar-refractivity contribution in [3.05, 3.63) is 0 Å². The molecule has 2 saturated carbocycles. The van der Waals surface area contributed by atoms with E-state index in [1.165, 1.54) is 0 Å². The molecule has 0 heterocycles. The molecule has 174 valence electrons. The molecule has 0 atom stereocenters. The molecular formula is C17H29F3N3O6P. The van der Waals surface area contributed by atoms with Crippen LogP contribution in [0.25, 0.3) is 0 Å². The Balaban J connectivity index is 2.55. The fraction of sp³-hybridized carbons (Fsp3) is 0.882. The average molecular weight is 459 g/mol. The maximum Gasteiger partial charge on any atom is 0.471 e. The van der Waals surface area contributed by atoms with Gasteiger partial charge in [0, 0.05) is 12.1 Å². The minimum Gasteiger partial charge on any atom is -0.480 e. The maximum absolute atomic E-state index is 13.3. The van der Waals surface area contributed by atoms with Crippen LogP contribution in [0.5, 0.6) is 0 Å². The highest BCUT2D eigenvalue weighted by atomic mass is 31.2. The molecule has 0 aromatic heterocycles. The molecule has 2 fully saturated rings. The Bertz CT molecular complexity index is 640. The van der Waals surface area contributed by atoms with Crippen molar-refractivity contribution >= 4 is 19.5 Å². The van der Waals surface area contributed by atoms with Crippen LogP contribution in [0, 0.1) is 0 Å². The summed E-state index contributed by atoms with van der Waals surface area (Å²) in [7, 11) is -5.56. The number of carboxylic acids is 1. The SMILES string of the molecule is O=C(O)CN(C(=O)C(F)(F)F)C(NC1CCCCC1)(NC1CCCCC1)P(=O)(O)O. The Morgan fingerprint density at radius 1 is 0.900 bits per heavy atom. The summed E-state index contributed by atoms with van der Waals surface area (Å²) in [5.74, 6) is -4.44. The van der Waals surface area contributed by atoms with Crippen molar-refractivity contribution in [3.63, 3.8) is 0 Å². The van der Waals surface area contributed by atoms with Crippen LogP contribution in [0.15, 0.2) is 0 Å². The van der Waals surface area contributed by atoms with E-state index in [0.717, 1.165) is 12.8 Å². The van der Waals surface area contributed by atoms with Crippen molar-refractivity contribution in [1.82, 2.24) is 15.5 Å². The molecule has 0 radical (unpaired) electrons. The summed E-state index contributed by atoms with van der Waals surface area (Å²) >= 11 is 0. The van der Waals surface area contributed by atoms with Crippen LogP contribution in [0.2, 0.25) is 0 Å². The van der Waals surface area contributed by atoms with Gasteiger partial charge in [0.25, 0.3) is 5.53 Å². The highest BCUT2D eigenvalue weighted by Gasteiger charge is 2.60. The summed E-state index contributed by atoms with van der Waals surface area (Å²) in [4.78, 5) is 43.7. The second-order valence-corrected chi connectivity index (χ2v) is 9.69. The van der Waals surface area contributed by atoms with Gasteiger partial charge in [-0.15, -0.1) is 0 Å². The Kier molecular flexibility index (Phi) is 8.31. The number of halogens is 3. The second kappa shape index (κ2) is 9.95. The number of carboxylic acid groups (broad SMARTS) is 1. The van der Waals surface area contributed by atoms with E-state index in [0.29, 0.717) is 51.4 Å². The number of nitrogens with zero attached hydrogens (tertiary/aromatic N) is 1. The Hall–Kier alpha value is -1.20. The van der Waals surface area contributed by atoms with E-state index in [1.54, 1.807) is 0 Å². The van der Waals surface area contributed by atoms with Crippen molar-refractivity contribution in [2.24, 2.45) is 0 Å². The molecule has 1 amide bonds. The van der Waals surface area contributed by atoms with Crippen LogP contribution in [0.4, 0.5) is 13.2 Å². The molecule has 13 heteroatoms. The van der Waals surface area contributed by atoms with E-state index in [-0.39, 0.29) is 4.90 Å². The van der Waals surface area contributed by atoms with E-state index in [1.807, 2.05) is 0 Å². The third kappa shape index (κ3) is 6.16. The maximum atomic E-state index is 13.3. The Morgan fingerprint density at radius 2 is 1.30 bits per heavy atom. The molecule has 0 aromatic carbocycles. The number of carbonyl (C=O) groups is 2. The number of carbonyl (C=O) groups excluding carboxylic acids is 1. The highest BCUT2D eigenvalue weighted by molar-refractivity contribution is 7.53. The topological polar surface area (TPSA) is 139 Å². The van der Waals surface area contributed by atoms with Gasteiger partial charge < -0.3 is 14.9 Å². The lowest BCUT2D eigenvalue weighted by molar-refractivity contribution is -0.194. The third-order valence-electron chi connectivity index (χ3n) is 5.61. The molecule has 0 saturated heterocycles. The largest absolute Gasteiger partial charge is 0.480 e. The number of rotatable bonds is 8. The van der Waals surface area contributed by atoms with Crippen molar-refractivity contribution in [3.8, 4) is 0 Å². The molecule has 2 rings (SSSR count). The fourth-order valence-electron chi connectivity index (χ4n) is 4.21. The van der Waals surface area contributed by atoms with E-state index < -0.39 is 49.8 Å². The van der Waals surface area contributed by atoms with Crippen LogP contribution < -0.4 is 10.6 Å². The van der Waals surface area contributed by atoms with Gasteiger partial charge in [0.2, 0.25) is 0 Å². The highest BCUT2D eigenvalue weighted by Crippen LogP contribution is 2.51. The zero-order chi connectivity index (χ0) is 22.6. The van der Waals surface area contributed by atoms with Gasteiger partial charge in [-0.25, -0.2) is 0 Å². The predicted octanol–water partition coefficient (Wildman–Crippen LogP) is 2.10. The van der Waals surface area contributed by atoms with E-state index in [2.05, 4.69) is 10.6 Å². The van der Waals surface area contributed by atoms with E-state index >= 15 is 0 Å². The number of hydrogen-bond acceptors (Lipinski definition) is 5. The van der Waals surface area contributed by atoms with Crippen LogP contribution in [-0.2, 0) is 14.2 Å². The minimum absolute atomic E-state index is 0.278. The Morgan fingerprint density at radius 3 is 1.60 bits per heavy atom. The standard InChI is InChI=1S/C17H29F3N3O6P/c18-16(19,20)15(26)23(11-14(24)25)17(30(27,28)29,21-12-7-3-1-4-8-12)22-13-9-5-2-6-10-13/h12-13,21-22H,1-11H2,(H,24,25)(H2,27,28,29). The summed E-state index contributed by atoms with van der Waals surface area (Å²) in [6, 6.07) is -1.17. The number of alkyl halides is 3. The lowest BCUT2D eigenvalue weighted by Crippen LogP contribution is -2.74. The first-order valence-corrected chi connectivity index (χ1v) is 11.7. The fourth-order valence-corrected chi connectivity index (χ4v) is 5.39. The smallest absolute Gasteiger partial charge is 0.471 e. The first-order valence-electron chi connectivity index (χ1n) is 10.1. The number of nitrogens with one attached hydrogen (secondary N) is 2. The van der Waals surface area contributed by atoms with Gasteiger partial charge in [-0.05, 0) is 25.7 Å². The Labute approximate surface area is 172 Å². The molecule has 0 spiro atoms. The van der Waals surface area contributed by atoms with Crippen LogP contribution in [0.1, 0.15) is 64.2 Å². The zero-order valence-corrected chi connectivity index (χ0v) is 17.4. The molecule has 0 aromatic rings. The van der Waals surface area contributed by atoms with Gasteiger partial charge in [0.05, 0.1) is 0 Å². The second-order valence-electron chi connectivity index (χ2n) is 7.96. The normalized spacial score (nSPS) is 20.2. The van der Waals surface area contributed by atoms with Crippen molar-refractivity contribution in [2.75, 3.05) is 6.54 Å². The number of amides is 1. The van der Waals surface area contributed by atoms with Gasteiger partial charge in [0.1, 0.15) is 6.54 Å². The lowest BCUT2D eigenvalue weighted by Gasteiger charge is -2.48. The molecule has 5 N–H and O–H groups in total. The van der Waals surface area contributed by atoms with Crippen LogP contribution >= 0.6 is 7.60 Å². The van der Waals surface area contributed by atoms with Crippen molar-refractivity contribution in [2.45, 2.75) is 88.0 Å². The minimum atomic E-state index is -5.56. The van der Waals surface area contributed by atoms with Gasteiger partial charge in [-0.2, -0.15) is 13.2 Å². The van der Waals surface area contributed by atoms with Gasteiger partial charge in [0.15, 0.2) is 0 Å². The summed E-state index contributed by atoms with van der Waals surface area (Å²) in [5, 5.41) is 14.3. The van der Waals surface area contributed by atoms with E-state index in [4.69, 9.17) is 5.11 Å². The molecular weight excluding hydrogens is 430 g/mol. The van der Waals surface area contributed by atoms with Crippen molar-refractivity contribution in [1.29, 1.82) is 0 Å². The summed E-state index contributed by atoms with van der Waals surface area (Å²) in [6.07, 6.45) is 0.784. The molecule has 0 bridgehead atoms. The molecule has 9 nitrogen and oxygen atoms in total. The van der Waals surface area contributed by atoms with Crippen molar-refractivity contribution < 1.29 is 42.2 Å². The zero-order valence-electron chi connectivity index (χ0n) is 16.5. The van der Waals surface area contributed by atoms with E-state index in [9.17, 15) is 37.1 Å². The van der Waals surface area contributed by atoms with Gasteiger partial charge >= 0.3 is 25.6 Å². The molecule has 0 unspecified atom stereocenters. The summed E-state index contributed by atoms with van der Waals surface area (Å²) in [6.45, 7) is -1.52. The van der Waals surface area contributed by atoms with Gasteiger partial charge in [-0.1, -0.05) is 38.5 Å². The molecule has 30 heavy (non-hydrogen) atoms. The quantitative estimate of drug-likeness (QED) is 0.275. The monoisotopic (exact) mass is 459 g/mol. The average Bonchev–Trinajstić information content (AvgIpc) is 2.65. The summed E-state index contributed by atoms with van der Waals surface area (Å²) < 4.78 is 52.7. The molecule has 0 aliphatic heterocycles. The summed E-state index contributed by atoms with van der Waals surface area (Å²) in [5.41, 5.74) is -2.97. The van der Waals surface area contributed by atoms with Crippen LogP contribution in [-0.4, -0.2) is 62.0 Å². The van der Waals surface area contributed by atoms with Crippen LogP contribution in [0.3, 0.4) is 0 Å².